The van der Waals surface area contributed by atoms with Gasteiger partial charge >= 0.3 is 5.97 Å². The van der Waals surface area contributed by atoms with Crippen molar-refractivity contribution in [1.82, 2.24) is 9.97 Å². The molecule has 0 spiro atoms. The number of thiazole rings is 1. The third-order valence-corrected chi connectivity index (χ3v) is 3.79. The third-order valence-electron chi connectivity index (χ3n) is 2.65. The van der Waals surface area contributed by atoms with Crippen molar-refractivity contribution in [3.8, 4) is 0 Å². The molecule has 0 bridgehead atoms. The van der Waals surface area contributed by atoms with Crippen molar-refractivity contribution >= 4 is 23.1 Å². The molecule has 0 aliphatic rings. The highest BCUT2D eigenvalue weighted by Gasteiger charge is 2.11. The van der Waals surface area contributed by atoms with E-state index >= 15 is 0 Å². The number of ether oxygens (including phenoxy) is 1. The number of pyridine rings is 1. The van der Waals surface area contributed by atoms with Crippen LogP contribution in [0.4, 0.5) is 5.82 Å². The molecule has 20 heavy (non-hydrogen) atoms. The first-order valence-electron chi connectivity index (χ1n) is 6.42. The summed E-state index contributed by atoms with van der Waals surface area (Å²) in [6.45, 7) is 6.14. The van der Waals surface area contributed by atoms with Crippen LogP contribution in [-0.4, -0.2) is 22.5 Å². The van der Waals surface area contributed by atoms with Crippen LogP contribution in [-0.2, 0) is 4.74 Å². The van der Waals surface area contributed by atoms with Gasteiger partial charge in [0.2, 0.25) is 0 Å². The van der Waals surface area contributed by atoms with E-state index < -0.39 is 0 Å². The Kier molecular flexibility index (Phi) is 4.68. The standard InChI is InChI=1S/C14H17N3O2S/c1-4-19-14(18)11-5-6-12(15-7-11)17-10(3)13-16-9(2)8-20-13/h5-8,10H,4H2,1-3H3,(H,15,17). The van der Waals surface area contributed by atoms with Gasteiger partial charge in [-0.15, -0.1) is 11.3 Å². The molecule has 0 aliphatic heterocycles. The number of nitrogens with one attached hydrogen (secondary N) is 1. The van der Waals surface area contributed by atoms with Crippen LogP contribution < -0.4 is 5.32 Å². The zero-order chi connectivity index (χ0) is 14.5. The normalized spacial score (nSPS) is 11.9. The first-order valence-corrected chi connectivity index (χ1v) is 7.30. The number of anilines is 1. The molecule has 6 heteroatoms. The van der Waals surface area contributed by atoms with Crippen LogP contribution >= 0.6 is 11.3 Å². The number of rotatable bonds is 5. The second-order valence-electron chi connectivity index (χ2n) is 4.35. The van der Waals surface area contributed by atoms with Crippen molar-refractivity contribution in [2.75, 3.05) is 11.9 Å². The molecule has 2 rings (SSSR count). The zero-order valence-corrected chi connectivity index (χ0v) is 12.5. The van der Waals surface area contributed by atoms with Gasteiger partial charge in [0, 0.05) is 17.3 Å². The number of carbonyl (C=O) groups excluding carboxylic acids is 1. The Morgan fingerprint density at radius 1 is 1.50 bits per heavy atom. The number of hydrogen-bond donors (Lipinski definition) is 1. The summed E-state index contributed by atoms with van der Waals surface area (Å²) in [4.78, 5) is 20.2. The Morgan fingerprint density at radius 3 is 2.85 bits per heavy atom. The molecule has 0 saturated carbocycles. The molecule has 1 atom stereocenters. The number of esters is 1. The molecule has 0 radical (unpaired) electrons. The molecule has 2 aromatic heterocycles. The van der Waals surface area contributed by atoms with E-state index in [0.29, 0.717) is 18.0 Å². The predicted octanol–water partition coefficient (Wildman–Crippen LogP) is 3.20. The van der Waals surface area contributed by atoms with Crippen molar-refractivity contribution in [3.63, 3.8) is 0 Å². The van der Waals surface area contributed by atoms with E-state index in [4.69, 9.17) is 4.74 Å². The minimum atomic E-state index is -0.352. The van der Waals surface area contributed by atoms with Crippen LogP contribution in [0, 0.1) is 6.92 Å². The Bertz CT molecular complexity index is 580. The largest absolute Gasteiger partial charge is 0.462 e. The predicted molar refractivity (Wildman–Crippen MR) is 79.1 cm³/mol. The van der Waals surface area contributed by atoms with Crippen molar-refractivity contribution in [2.45, 2.75) is 26.8 Å². The number of nitrogens with zero attached hydrogens (tertiary/aromatic N) is 2. The second kappa shape index (κ2) is 6.47. The second-order valence-corrected chi connectivity index (χ2v) is 5.24. The summed E-state index contributed by atoms with van der Waals surface area (Å²) < 4.78 is 4.91. The van der Waals surface area contributed by atoms with Gasteiger partial charge in [-0.3, -0.25) is 0 Å². The highest BCUT2D eigenvalue weighted by atomic mass is 32.1. The molecule has 5 nitrogen and oxygen atoms in total. The van der Waals surface area contributed by atoms with Crippen LogP contribution in [0.3, 0.4) is 0 Å². The van der Waals surface area contributed by atoms with Crippen LogP contribution in [0.1, 0.15) is 40.9 Å². The van der Waals surface area contributed by atoms with E-state index in [0.717, 1.165) is 10.7 Å². The van der Waals surface area contributed by atoms with Gasteiger partial charge < -0.3 is 10.1 Å². The molecule has 0 aliphatic carbocycles. The highest BCUT2D eigenvalue weighted by molar-refractivity contribution is 7.09. The minimum absolute atomic E-state index is 0.0784. The molecular formula is C14H17N3O2S. The van der Waals surface area contributed by atoms with E-state index in [9.17, 15) is 4.79 Å². The molecule has 1 N–H and O–H groups in total. The Hall–Kier alpha value is -1.95. The fraction of sp³-hybridized carbons (Fsp3) is 0.357. The summed E-state index contributed by atoms with van der Waals surface area (Å²) in [6.07, 6.45) is 1.51. The van der Waals surface area contributed by atoms with Crippen LogP contribution in [0.5, 0.6) is 0 Å². The van der Waals surface area contributed by atoms with Gasteiger partial charge in [0.05, 0.1) is 18.2 Å². The van der Waals surface area contributed by atoms with Crippen molar-refractivity contribution < 1.29 is 9.53 Å². The molecule has 1 unspecified atom stereocenters. The smallest absolute Gasteiger partial charge is 0.339 e. The first-order chi connectivity index (χ1) is 9.60. The topological polar surface area (TPSA) is 64.1 Å². The summed E-state index contributed by atoms with van der Waals surface area (Å²) in [5.74, 6) is 0.355. The lowest BCUT2D eigenvalue weighted by atomic mass is 10.3. The van der Waals surface area contributed by atoms with E-state index in [1.54, 1.807) is 30.4 Å². The Labute approximate surface area is 122 Å². The van der Waals surface area contributed by atoms with Crippen LogP contribution in [0.2, 0.25) is 0 Å². The van der Waals surface area contributed by atoms with Gasteiger partial charge in [-0.05, 0) is 32.9 Å². The molecule has 0 fully saturated rings. The van der Waals surface area contributed by atoms with Gasteiger partial charge in [0.1, 0.15) is 10.8 Å². The van der Waals surface area contributed by atoms with Gasteiger partial charge in [0.15, 0.2) is 0 Å². The minimum Gasteiger partial charge on any atom is -0.462 e. The molecule has 2 heterocycles. The van der Waals surface area contributed by atoms with Crippen molar-refractivity contribution in [3.05, 3.63) is 40.0 Å². The molecule has 106 valence electrons. The lowest BCUT2D eigenvalue weighted by molar-refractivity contribution is 0.0526. The summed E-state index contributed by atoms with van der Waals surface area (Å²) in [7, 11) is 0. The SMILES string of the molecule is CCOC(=O)c1ccc(NC(C)c2nc(C)cs2)nc1. The summed E-state index contributed by atoms with van der Waals surface area (Å²) >= 11 is 1.62. The maximum Gasteiger partial charge on any atom is 0.339 e. The van der Waals surface area contributed by atoms with E-state index in [1.807, 2.05) is 19.2 Å². The zero-order valence-electron chi connectivity index (χ0n) is 11.7. The number of aryl methyl sites for hydroxylation is 1. The molecule has 0 saturated heterocycles. The van der Waals surface area contributed by atoms with Gasteiger partial charge in [-0.25, -0.2) is 14.8 Å². The van der Waals surface area contributed by atoms with E-state index in [1.165, 1.54) is 6.20 Å². The maximum absolute atomic E-state index is 11.5. The fourth-order valence-electron chi connectivity index (χ4n) is 1.67. The summed E-state index contributed by atoms with van der Waals surface area (Å²) in [5, 5.41) is 6.29. The van der Waals surface area contributed by atoms with E-state index in [2.05, 4.69) is 15.3 Å². The molecular weight excluding hydrogens is 274 g/mol. The van der Waals surface area contributed by atoms with Crippen LogP contribution in [0.15, 0.2) is 23.7 Å². The van der Waals surface area contributed by atoms with Gasteiger partial charge in [-0.2, -0.15) is 0 Å². The monoisotopic (exact) mass is 291 g/mol. The lowest BCUT2D eigenvalue weighted by Crippen LogP contribution is -2.09. The molecule has 2 aromatic rings. The first kappa shape index (κ1) is 14.5. The fourth-order valence-corrected chi connectivity index (χ4v) is 2.47. The van der Waals surface area contributed by atoms with Gasteiger partial charge in [-0.1, -0.05) is 0 Å². The van der Waals surface area contributed by atoms with E-state index in [-0.39, 0.29) is 12.0 Å². The van der Waals surface area contributed by atoms with Crippen molar-refractivity contribution in [2.24, 2.45) is 0 Å². The summed E-state index contributed by atoms with van der Waals surface area (Å²) in [5.41, 5.74) is 1.47. The highest BCUT2D eigenvalue weighted by Crippen LogP contribution is 2.21. The number of carbonyl (C=O) groups is 1. The molecule has 0 aromatic carbocycles. The Morgan fingerprint density at radius 2 is 2.30 bits per heavy atom. The lowest BCUT2D eigenvalue weighted by Gasteiger charge is -2.12. The number of aromatic nitrogens is 2. The maximum atomic E-state index is 11.5. The van der Waals surface area contributed by atoms with Gasteiger partial charge in [0.25, 0.3) is 0 Å². The van der Waals surface area contributed by atoms with Crippen molar-refractivity contribution in [1.29, 1.82) is 0 Å². The Balaban J connectivity index is 2.01. The average molecular weight is 291 g/mol. The number of hydrogen-bond acceptors (Lipinski definition) is 6. The molecule has 0 amide bonds. The summed E-state index contributed by atoms with van der Waals surface area (Å²) in [6, 6.07) is 3.55. The average Bonchev–Trinajstić information content (AvgIpc) is 2.86. The third kappa shape index (κ3) is 3.54. The van der Waals surface area contributed by atoms with Crippen LogP contribution in [0.25, 0.3) is 0 Å². The quantitative estimate of drug-likeness (QED) is 0.857.